The number of aromatic nitrogens is 1. The van der Waals surface area contributed by atoms with Crippen LogP contribution in [0.15, 0.2) is 24.3 Å². The van der Waals surface area contributed by atoms with Gasteiger partial charge in [0, 0.05) is 36.9 Å². The Morgan fingerprint density at radius 1 is 1.18 bits per heavy atom. The van der Waals surface area contributed by atoms with E-state index in [4.69, 9.17) is 0 Å². The van der Waals surface area contributed by atoms with Crippen LogP contribution in [0.1, 0.15) is 63.6 Å². The van der Waals surface area contributed by atoms with Crippen molar-refractivity contribution in [2.24, 2.45) is 0 Å². The molecular weight excluding hydrogens is 416 g/mol. The first-order chi connectivity index (χ1) is 15.9. The van der Waals surface area contributed by atoms with E-state index in [-0.39, 0.29) is 30.3 Å². The van der Waals surface area contributed by atoms with E-state index >= 15 is 0 Å². The summed E-state index contributed by atoms with van der Waals surface area (Å²) < 4.78 is 2.27. The number of aryl methyl sites for hydroxylation is 2. The van der Waals surface area contributed by atoms with Crippen molar-refractivity contribution in [2.75, 3.05) is 13.1 Å². The fourth-order valence-electron chi connectivity index (χ4n) is 5.59. The summed E-state index contributed by atoms with van der Waals surface area (Å²) in [7, 11) is 0. The Bertz CT molecular complexity index is 1070. The van der Waals surface area contributed by atoms with Crippen molar-refractivity contribution in [1.29, 1.82) is 5.26 Å². The summed E-state index contributed by atoms with van der Waals surface area (Å²) in [5, 5.41) is 20.0. The molecule has 4 rings (SSSR count). The van der Waals surface area contributed by atoms with Crippen molar-refractivity contribution >= 4 is 22.7 Å². The Hall–Kier alpha value is -2.85. The SMILES string of the molecule is CCn1c(CC[C@@H]2CCCN2C(=O)[C@H]2CCCN2C(=O)CC(C)O)cc2ccc(C#N)cc21. The molecular formula is C26H34N4O3. The van der Waals surface area contributed by atoms with Crippen LogP contribution in [-0.4, -0.2) is 62.6 Å². The third kappa shape index (κ3) is 4.77. The van der Waals surface area contributed by atoms with Gasteiger partial charge in [-0.05, 0) is 76.0 Å². The first-order valence-corrected chi connectivity index (χ1v) is 12.2. The summed E-state index contributed by atoms with van der Waals surface area (Å²) in [6.45, 7) is 5.91. The molecule has 2 aliphatic rings. The van der Waals surface area contributed by atoms with E-state index in [2.05, 4.69) is 23.6 Å². The number of benzene rings is 1. The molecule has 2 aliphatic heterocycles. The van der Waals surface area contributed by atoms with Crippen molar-refractivity contribution in [1.82, 2.24) is 14.4 Å². The highest BCUT2D eigenvalue weighted by molar-refractivity contribution is 5.89. The summed E-state index contributed by atoms with van der Waals surface area (Å²) in [6, 6.07) is 10.0. The Balaban J connectivity index is 1.45. The van der Waals surface area contributed by atoms with Gasteiger partial charge in [0.05, 0.1) is 24.2 Å². The molecule has 1 aromatic carbocycles. The summed E-state index contributed by atoms with van der Waals surface area (Å²) in [5.74, 6) is -0.0514. The number of nitriles is 1. The maximum atomic E-state index is 13.4. The van der Waals surface area contributed by atoms with Crippen molar-refractivity contribution < 1.29 is 14.7 Å². The minimum Gasteiger partial charge on any atom is -0.393 e. The largest absolute Gasteiger partial charge is 0.393 e. The van der Waals surface area contributed by atoms with Gasteiger partial charge in [-0.25, -0.2) is 0 Å². The van der Waals surface area contributed by atoms with E-state index in [0.717, 1.165) is 56.1 Å². The zero-order chi connectivity index (χ0) is 23.5. The molecule has 1 N–H and O–H groups in total. The number of amides is 2. The van der Waals surface area contributed by atoms with Gasteiger partial charge in [-0.15, -0.1) is 0 Å². The average molecular weight is 451 g/mol. The fraction of sp³-hybridized carbons (Fsp3) is 0.577. The average Bonchev–Trinajstić information content (AvgIpc) is 3.54. The molecule has 2 saturated heterocycles. The predicted octanol–water partition coefficient (Wildman–Crippen LogP) is 3.22. The maximum absolute atomic E-state index is 13.4. The fourth-order valence-corrected chi connectivity index (χ4v) is 5.59. The van der Waals surface area contributed by atoms with Gasteiger partial charge in [0.1, 0.15) is 6.04 Å². The lowest BCUT2D eigenvalue weighted by Gasteiger charge is -2.32. The molecule has 0 radical (unpaired) electrons. The lowest BCUT2D eigenvalue weighted by molar-refractivity contribution is -0.145. The van der Waals surface area contributed by atoms with Crippen molar-refractivity contribution in [2.45, 2.75) is 83.5 Å². The van der Waals surface area contributed by atoms with Gasteiger partial charge >= 0.3 is 0 Å². The van der Waals surface area contributed by atoms with Gasteiger partial charge in [-0.3, -0.25) is 9.59 Å². The molecule has 3 atom stereocenters. The topological polar surface area (TPSA) is 89.6 Å². The molecule has 0 spiro atoms. The molecule has 0 aliphatic carbocycles. The van der Waals surface area contributed by atoms with Crippen LogP contribution >= 0.6 is 0 Å². The lowest BCUT2D eigenvalue weighted by Crippen LogP contribution is -2.49. The first kappa shape index (κ1) is 23.3. The van der Waals surface area contributed by atoms with Crippen molar-refractivity contribution in [3.63, 3.8) is 0 Å². The van der Waals surface area contributed by atoms with E-state index in [0.29, 0.717) is 18.5 Å². The number of carbonyl (C=O) groups excluding carboxylic acids is 2. The number of hydrogen-bond acceptors (Lipinski definition) is 4. The molecule has 1 unspecified atom stereocenters. The standard InChI is InChI=1S/C26H34N4O3/c1-3-28-22(16-20-9-8-19(17-27)15-24(20)28)11-10-21-6-4-12-29(21)26(33)23-7-5-13-30(23)25(32)14-18(2)31/h8-9,15-16,18,21,23,31H,3-7,10-14H2,1-2H3/t18?,21-,23+/m0/s1. The molecule has 7 heteroatoms. The van der Waals surface area contributed by atoms with Crippen LogP contribution in [0.3, 0.4) is 0 Å². The van der Waals surface area contributed by atoms with E-state index in [1.165, 1.54) is 5.69 Å². The quantitative estimate of drug-likeness (QED) is 0.701. The van der Waals surface area contributed by atoms with Gasteiger partial charge < -0.3 is 19.5 Å². The molecule has 33 heavy (non-hydrogen) atoms. The first-order valence-electron chi connectivity index (χ1n) is 12.2. The van der Waals surface area contributed by atoms with Crippen LogP contribution in [-0.2, 0) is 22.6 Å². The molecule has 1 aromatic heterocycles. The smallest absolute Gasteiger partial charge is 0.245 e. The van der Waals surface area contributed by atoms with Gasteiger partial charge in [0.2, 0.25) is 11.8 Å². The molecule has 2 fully saturated rings. The second-order valence-electron chi connectivity index (χ2n) is 9.43. The van der Waals surface area contributed by atoms with Crippen LogP contribution in [0.25, 0.3) is 10.9 Å². The number of likely N-dealkylation sites (tertiary alicyclic amines) is 2. The van der Waals surface area contributed by atoms with E-state index in [1.807, 2.05) is 23.1 Å². The third-order valence-corrected chi connectivity index (χ3v) is 7.16. The Kier molecular flexibility index (Phi) is 7.04. The summed E-state index contributed by atoms with van der Waals surface area (Å²) in [6.07, 6.45) is 4.67. The third-order valence-electron chi connectivity index (χ3n) is 7.16. The second-order valence-corrected chi connectivity index (χ2v) is 9.43. The number of fused-ring (bicyclic) bond motifs is 1. The lowest BCUT2D eigenvalue weighted by atomic mass is 10.1. The zero-order valence-corrected chi connectivity index (χ0v) is 19.7. The minimum absolute atomic E-state index is 0.0717. The van der Waals surface area contributed by atoms with Crippen LogP contribution in [0.4, 0.5) is 0 Å². The Labute approximate surface area is 195 Å². The summed E-state index contributed by atoms with van der Waals surface area (Å²) >= 11 is 0. The molecule has 0 bridgehead atoms. The Morgan fingerprint density at radius 2 is 1.94 bits per heavy atom. The number of hydrogen-bond donors (Lipinski definition) is 1. The van der Waals surface area contributed by atoms with Gasteiger partial charge in [0.25, 0.3) is 0 Å². The second kappa shape index (κ2) is 9.96. The summed E-state index contributed by atoms with van der Waals surface area (Å²) in [5.41, 5.74) is 2.99. The van der Waals surface area contributed by atoms with E-state index in [1.54, 1.807) is 11.8 Å². The van der Waals surface area contributed by atoms with E-state index in [9.17, 15) is 20.0 Å². The number of carbonyl (C=O) groups is 2. The van der Waals surface area contributed by atoms with Crippen LogP contribution < -0.4 is 0 Å². The molecule has 2 aromatic rings. The predicted molar refractivity (Wildman–Crippen MR) is 126 cm³/mol. The molecule has 2 amide bonds. The normalized spacial score (nSPS) is 21.5. The van der Waals surface area contributed by atoms with E-state index < -0.39 is 6.10 Å². The van der Waals surface area contributed by atoms with Crippen molar-refractivity contribution in [3.8, 4) is 6.07 Å². The molecule has 176 valence electrons. The highest BCUT2D eigenvalue weighted by Crippen LogP contribution is 2.29. The van der Waals surface area contributed by atoms with Crippen molar-refractivity contribution in [3.05, 3.63) is 35.5 Å². The van der Waals surface area contributed by atoms with Gasteiger partial charge in [-0.1, -0.05) is 6.07 Å². The molecule has 7 nitrogen and oxygen atoms in total. The number of aliphatic hydroxyl groups excluding tert-OH is 1. The van der Waals surface area contributed by atoms with Crippen LogP contribution in [0, 0.1) is 11.3 Å². The summed E-state index contributed by atoms with van der Waals surface area (Å²) in [4.78, 5) is 29.7. The molecule has 0 saturated carbocycles. The van der Waals surface area contributed by atoms with Crippen LogP contribution in [0.2, 0.25) is 0 Å². The number of aliphatic hydroxyl groups is 1. The Morgan fingerprint density at radius 3 is 2.67 bits per heavy atom. The maximum Gasteiger partial charge on any atom is 0.245 e. The van der Waals surface area contributed by atoms with Crippen LogP contribution in [0.5, 0.6) is 0 Å². The zero-order valence-electron chi connectivity index (χ0n) is 19.7. The van der Waals surface area contributed by atoms with Gasteiger partial charge in [-0.2, -0.15) is 5.26 Å². The minimum atomic E-state index is -0.692. The van der Waals surface area contributed by atoms with Gasteiger partial charge in [0.15, 0.2) is 0 Å². The highest BCUT2D eigenvalue weighted by Gasteiger charge is 2.39. The number of nitrogens with zero attached hydrogens (tertiary/aromatic N) is 4. The highest BCUT2D eigenvalue weighted by atomic mass is 16.3. The number of rotatable bonds is 7. The monoisotopic (exact) mass is 450 g/mol. The molecule has 3 heterocycles.